The predicted molar refractivity (Wildman–Crippen MR) is 101 cm³/mol. The molecule has 0 aliphatic carbocycles. The average molecular weight is 386 g/mol. The van der Waals surface area contributed by atoms with Crippen molar-refractivity contribution < 1.29 is 23.5 Å². The monoisotopic (exact) mass is 386 g/mol. The minimum absolute atomic E-state index is 0.140. The van der Waals surface area contributed by atoms with Crippen LogP contribution in [0.5, 0.6) is 5.75 Å². The maximum atomic E-state index is 14.0. The van der Waals surface area contributed by atoms with Crippen molar-refractivity contribution in [1.82, 2.24) is 4.90 Å². The molecule has 0 unspecified atom stereocenters. The van der Waals surface area contributed by atoms with E-state index in [4.69, 9.17) is 10.5 Å². The molecule has 1 heterocycles. The number of benzene rings is 2. The molecule has 1 aliphatic rings. The Kier molecular flexibility index (Phi) is 5.94. The molecule has 0 saturated carbocycles. The molecule has 2 N–H and O–H groups in total. The number of ether oxygens (including phenoxy) is 2. The number of nitrogens with two attached hydrogens (primary N) is 1. The maximum absolute atomic E-state index is 14.0. The number of amides is 1. The van der Waals surface area contributed by atoms with Gasteiger partial charge in [0.05, 0.1) is 12.5 Å². The maximum Gasteiger partial charge on any atom is 0.343 e. The molecule has 0 spiro atoms. The van der Waals surface area contributed by atoms with E-state index in [-0.39, 0.29) is 12.4 Å². The molecule has 148 valence electrons. The van der Waals surface area contributed by atoms with Gasteiger partial charge in [0.25, 0.3) is 0 Å². The van der Waals surface area contributed by atoms with Crippen LogP contribution in [-0.4, -0.2) is 43.6 Å². The van der Waals surface area contributed by atoms with Gasteiger partial charge in [0, 0.05) is 19.6 Å². The van der Waals surface area contributed by atoms with E-state index in [0.717, 1.165) is 5.56 Å². The third kappa shape index (κ3) is 4.48. The van der Waals surface area contributed by atoms with Gasteiger partial charge in [-0.2, -0.15) is 0 Å². The number of hydrogen-bond donors (Lipinski definition) is 1. The van der Waals surface area contributed by atoms with Crippen LogP contribution in [0.4, 0.5) is 4.39 Å². The van der Waals surface area contributed by atoms with Crippen LogP contribution in [0.15, 0.2) is 48.5 Å². The molecule has 3 rings (SSSR count). The molecule has 1 saturated heterocycles. The van der Waals surface area contributed by atoms with E-state index in [9.17, 15) is 14.0 Å². The molecule has 1 fully saturated rings. The highest BCUT2D eigenvalue weighted by Crippen LogP contribution is 2.35. The lowest BCUT2D eigenvalue weighted by molar-refractivity contribution is -0.143. The van der Waals surface area contributed by atoms with Gasteiger partial charge >= 0.3 is 5.97 Å². The Morgan fingerprint density at radius 3 is 2.43 bits per heavy atom. The Morgan fingerprint density at radius 2 is 1.82 bits per heavy atom. The molecule has 0 atom stereocenters. The number of nitrogens with zero attached hydrogens (tertiary/aromatic N) is 1. The van der Waals surface area contributed by atoms with Crippen molar-refractivity contribution in [2.45, 2.75) is 13.0 Å². The zero-order valence-electron chi connectivity index (χ0n) is 15.7. The largest absolute Gasteiger partial charge is 0.482 e. The van der Waals surface area contributed by atoms with Gasteiger partial charge in [-0.25, -0.2) is 9.18 Å². The van der Waals surface area contributed by atoms with Gasteiger partial charge < -0.3 is 15.2 Å². The lowest BCUT2D eigenvalue weighted by Gasteiger charge is -2.48. The van der Waals surface area contributed by atoms with Crippen LogP contribution in [0.1, 0.15) is 11.1 Å². The Hall–Kier alpha value is -2.93. The second kappa shape index (κ2) is 8.39. The summed E-state index contributed by atoms with van der Waals surface area (Å²) in [6, 6.07) is 13.8. The van der Waals surface area contributed by atoms with Crippen LogP contribution in [0, 0.1) is 11.2 Å². The number of rotatable bonds is 8. The molecule has 1 aliphatic heterocycles. The van der Waals surface area contributed by atoms with Crippen LogP contribution in [-0.2, 0) is 27.3 Å². The molecule has 0 aromatic heterocycles. The first-order valence-electron chi connectivity index (χ1n) is 8.96. The quantitative estimate of drug-likeness (QED) is 0.701. The number of halogens is 1. The van der Waals surface area contributed by atoms with E-state index in [1.807, 2.05) is 12.1 Å². The first-order chi connectivity index (χ1) is 13.4. The summed E-state index contributed by atoms with van der Waals surface area (Å²) in [6.07, 6.45) is 0.297. The molecule has 28 heavy (non-hydrogen) atoms. The van der Waals surface area contributed by atoms with Crippen molar-refractivity contribution in [1.29, 1.82) is 0 Å². The highest BCUT2D eigenvalue weighted by Gasteiger charge is 2.48. The summed E-state index contributed by atoms with van der Waals surface area (Å²) in [5.74, 6) is -0.589. The summed E-state index contributed by atoms with van der Waals surface area (Å²) >= 11 is 0. The molecule has 2 aromatic rings. The number of methoxy groups -OCH3 is 1. The third-order valence-corrected chi connectivity index (χ3v) is 4.98. The van der Waals surface area contributed by atoms with E-state index in [2.05, 4.69) is 9.64 Å². The van der Waals surface area contributed by atoms with Crippen LogP contribution in [0.2, 0.25) is 0 Å². The van der Waals surface area contributed by atoms with E-state index in [1.54, 1.807) is 30.3 Å². The van der Waals surface area contributed by atoms with Crippen LogP contribution >= 0.6 is 0 Å². The van der Waals surface area contributed by atoms with E-state index < -0.39 is 17.3 Å². The summed E-state index contributed by atoms with van der Waals surface area (Å²) in [4.78, 5) is 25.2. The van der Waals surface area contributed by atoms with Crippen molar-refractivity contribution in [2.24, 2.45) is 11.1 Å². The molecule has 0 radical (unpaired) electrons. The summed E-state index contributed by atoms with van der Waals surface area (Å²) in [6.45, 7) is 1.47. The van der Waals surface area contributed by atoms with Crippen LogP contribution < -0.4 is 10.5 Å². The zero-order valence-corrected chi connectivity index (χ0v) is 15.7. The van der Waals surface area contributed by atoms with Crippen molar-refractivity contribution in [3.63, 3.8) is 0 Å². The number of primary amides is 1. The highest BCUT2D eigenvalue weighted by atomic mass is 19.1. The SMILES string of the molecule is COC(=O)COc1ccc(CN2CC(Cc3ccccc3F)(C(N)=O)C2)cc1. The standard InChI is InChI=1S/C21H23FN2O4/c1-27-19(25)12-28-17-8-6-15(7-9-17)11-24-13-21(14-24,20(23)26)10-16-4-2-3-5-18(16)22/h2-9H,10-14H2,1H3,(H2,23,26). The van der Waals surface area contributed by atoms with Gasteiger partial charge in [-0.05, 0) is 35.7 Å². The zero-order chi connectivity index (χ0) is 20.1. The molecule has 1 amide bonds. The number of likely N-dealkylation sites (tertiary alicyclic amines) is 1. The number of carbonyl (C=O) groups excluding carboxylic acids is 2. The van der Waals surface area contributed by atoms with Gasteiger partial charge in [0.1, 0.15) is 11.6 Å². The van der Waals surface area contributed by atoms with Crippen molar-refractivity contribution in [3.8, 4) is 5.75 Å². The van der Waals surface area contributed by atoms with Crippen LogP contribution in [0.25, 0.3) is 0 Å². The first kappa shape index (κ1) is 19.8. The van der Waals surface area contributed by atoms with Crippen LogP contribution in [0.3, 0.4) is 0 Å². The molecule has 0 bridgehead atoms. The number of esters is 1. The van der Waals surface area contributed by atoms with Gasteiger partial charge in [0.2, 0.25) is 5.91 Å². The summed E-state index contributed by atoms with van der Waals surface area (Å²) < 4.78 is 23.8. The van der Waals surface area contributed by atoms with Gasteiger partial charge in [-0.3, -0.25) is 9.69 Å². The van der Waals surface area contributed by atoms with E-state index >= 15 is 0 Å². The lowest BCUT2D eigenvalue weighted by Crippen LogP contribution is -2.63. The Morgan fingerprint density at radius 1 is 1.14 bits per heavy atom. The summed E-state index contributed by atoms with van der Waals surface area (Å²) in [7, 11) is 1.31. The van der Waals surface area contributed by atoms with Crippen molar-refractivity contribution in [3.05, 3.63) is 65.5 Å². The fourth-order valence-corrected chi connectivity index (χ4v) is 3.43. The molecule has 6 nitrogen and oxygen atoms in total. The van der Waals surface area contributed by atoms with E-state index in [1.165, 1.54) is 13.2 Å². The predicted octanol–water partition coefficient (Wildman–Crippen LogP) is 1.91. The Bertz CT molecular complexity index is 848. The molecule has 2 aromatic carbocycles. The molecular weight excluding hydrogens is 363 g/mol. The normalized spacial score (nSPS) is 15.5. The minimum Gasteiger partial charge on any atom is -0.482 e. The smallest absolute Gasteiger partial charge is 0.343 e. The second-order valence-electron chi connectivity index (χ2n) is 7.07. The topological polar surface area (TPSA) is 81.9 Å². The van der Waals surface area contributed by atoms with Gasteiger partial charge in [-0.1, -0.05) is 30.3 Å². The second-order valence-corrected chi connectivity index (χ2v) is 7.07. The lowest BCUT2D eigenvalue weighted by atomic mass is 9.74. The fraction of sp³-hybridized carbons (Fsp3) is 0.333. The third-order valence-electron chi connectivity index (χ3n) is 4.98. The molecular formula is C21H23FN2O4. The first-order valence-corrected chi connectivity index (χ1v) is 8.96. The minimum atomic E-state index is -0.744. The Balaban J connectivity index is 1.56. The average Bonchev–Trinajstić information content (AvgIpc) is 2.66. The summed E-state index contributed by atoms with van der Waals surface area (Å²) in [5, 5.41) is 0. The molecule has 7 heteroatoms. The van der Waals surface area contributed by atoms with Gasteiger partial charge in [-0.15, -0.1) is 0 Å². The fourth-order valence-electron chi connectivity index (χ4n) is 3.43. The number of carbonyl (C=O) groups is 2. The van der Waals surface area contributed by atoms with E-state index in [0.29, 0.717) is 37.4 Å². The van der Waals surface area contributed by atoms with Crippen molar-refractivity contribution in [2.75, 3.05) is 26.8 Å². The van der Waals surface area contributed by atoms with Crippen molar-refractivity contribution >= 4 is 11.9 Å². The number of hydrogen-bond acceptors (Lipinski definition) is 5. The van der Waals surface area contributed by atoms with Gasteiger partial charge in [0.15, 0.2) is 6.61 Å². The Labute approximate surface area is 163 Å². The highest BCUT2D eigenvalue weighted by molar-refractivity contribution is 5.83. The summed E-state index contributed by atoms with van der Waals surface area (Å²) in [5.41, 5.74) is 6.43.